The van der Waals surface area contributed by atoms with Crippen molar-refractivity contribution in [2.45, 2.75) is 40.0 Å². The summed E-state index contributed by atoms with van der Waals surface area (Å²) in [6, 6.07) is 11.1. The molecule has 0 radical (unpaired) electrons. The highest BCUT2D eigenvalue weighted by Crippen LogP contribution is 2.58. The number of likely N-dealkylation sites (N-methyl/N-ethyl adjacent to an activating group) is 1. The summed E-state index contributed by atoms with van der Waals surface area (Å²) >= 11 is 0. The van der Waals surface area contributed by atoms with Gasteiger partial charge < -0.3 is 4.90 Å². The molecule has 1 saturated carbocycles. The molecule has 0 bridgehead atoms. The number of fused-ring (bicyclic) bond motifs is 1. The van der Waals surface area contributed by atoms with Crippen LogP contribution in [0.5, 0.6) is 0 Å². The zero-order chi connectivity index (χ0) is 11.6. The first-order chi connectivity index (χ1) is 7.85. The Balaban J connectivity index is 0.000000459. The van der Waals surface area contributed by atoms with Gasteiger partial charge in [0, 0.05) is 18.5 Å². The molecule has 0 spiro atoms. The molecule has 2 fully saturated rings. The topological polar surface area (TPSA) is 3.24 Å². The van der Waals surface area contributed by atoms with Crippen molar-refractivity contribution in [3.8, 4) is 0 Å². The Morgan fingerprint density at radius 1 is 1.24 bits per heavy atom. The van der Waals surface area contributed by atoms with Gasteiger partial charge in [0.1, 0.15) is 0 Å². The first-order valence-corrected chi connectivity index (χ1v) is 6.63. The van der Waals surface area contributed by atoms with E-state index in [9.17, 15) is 0 Å². The SMILES string of the molecule is C.CC.CCN1C[C@@H]2CC2(c2ccccc2)C1. The maximum Gasteiger partial charge on any atom is 0.0124 e. The number of hydrogen-bond donors (Lipinski definition) is 0. The van der Waals surface area contributed by atoms with E-state index in [2.05, 4.69) is 42.2 Å². The summed E-state index contributed by atoms with van der Waals surface area (Å²) in [5.41, 5.74) is 2.12. The van der Waals surface area contributed by atoms with Crippen LogP contribution in [0.3, 0.4) is 0 Å². The first kappa shape index (κ1) is 14.2. The van der Waals surface area contributed by atoms with E-state index in [1.807, 2.05) is 13.8 Å². The molecular weight excluding hydrogens is 206 g/mol. The van der Waals surface area contributed by atoms with Gasteiger partial charge in [-0.25, -0.2) is 0 Å². The lowest BCUT2D eigenvalue weighted by Crippen LogP contribution is -2.26. The molecule has 0 amide bonds. The molecule has 1 heteroatoms. The quantitative estimate of drug-likeness (QED) is 0.748. The van der Waals surface area contributed by atoms with E-state index in [0.717, 1.165) is 5.92 Å². The minimum Gasteiger partial charge on any atom is -0.302 e. The summed E-state index contributed by atoms with van der Waals surface area (Å²) in [6.45, 7) is 10.1. The van der Waals surface area contributed by atoms with Crippen molar-refractivity contribution >= 4 is 0 Å². The fraction of sp³-hybridized carbons (Fsp3) is 0.625. The van der Waals surface area contributed by atoms with E-state index in [4.69, 9.17) is 0 Å². The fourth-order valence-corrected chi connectivity index (χ4v) is 3.04. The molecule has 0 aromatic heterocycles. The van der Waals surface area contributed by atoms with Gasteiger partial charge >= 0.3 is 0 Å². The maximum atomic E-state index is 2.58. The zero-order valence-electron chi connectivity index (χ0n) is 10.7. The average Bonchev–Trinajstić information content (AvgIpc) is 2.96. The summed E-state index contributed by atoms with van der Waals surface area (Å²) in [5.74, 6) is 0.949. The number of piperidine rings is 1. The van der Waals surface area contributed by atoms with Gasteiger partial charge in [-0.3, -0.25) is 0 Å². The van der Waals surface area contributed by atoms with Crippen molar-refractivity contribution in [3.63, 3.8) is 0 Å². The Labute approximate surface area is 107 Å². The van der Waals surface area contributed by atoms with E-state index in [1.165, 1.54) is 26.1 Å². The fourth-order valence-electron chi connectivity index (χ4n) is 3.04. The predicted molar refractivity (Wildman–Crippen MR) is 76.4 cm³/mol. The van der Waals surface area contributed by atoms with Crippen LogP contribution in [0.15, 0.2) is 30.3 Å². The van der Waals surface area contributed by atoms with Crippen LogP contribution in [0.25, 0.3) is 0 Å². The Hall–Kier alpha value is -0.820. The van der Waals surface area contributed by atoms with Gasteiger partial charge in [-0.15, -0.1) is 0 Å². The van der Waals surface area contributed by atoms with Crippen molar-refractivity contribution in [1.82, 2.24) is 4.90 Å². The predicted octanol–water partition coefficient (Wildman–Crippen LogP) is 3.94. The third-order valence-electron chi connectivity index (χ3n) is 4.01. The molecule has 1 heterocycles. The lowest BCUT2D eigenvalue weighted by molar-refractivity contribution is 0.314. The van der Waals surface area contributed by atoms with Gasteiger partial charge in [-0.05, 0) is 24.4 Å². The summed E-state index contributed by atoms with van der Waals surface area (Å²) in [7, 11) is 0. The molecule has 1 aliphatic carbocycles. The van der Waals surface area contributed by atoms with Gasteiger partial charge in [-0.1, -0.05) is 58.5 Å². The summed E-state index contributed by atoms with van der Waals surface area (Å²) in [5, 5.41) is 0. The largest absolute Gasteiger partial charge is 0.302 e. The molecular formula is C16H27N. The Morgan fingerprint density at radius 2 is 1.88 bits per heavy atom. The van der Waals surface area contributed by atoms with Crippen molar-refractivity contribution in [2.75, 3.05) is 19.6 Å². The zero-order valence-corrected chi connectivity index (χ0v) is 10.7. The molecule has 1 aromatic carbocycles. The minimum absolute atomic E-state index is 0. The number of likely N-dealkylation sites (tertiary alicyclic amines) is 1. The molecule has 1 saturated heterocycles. The van der Waals surface area contributed by atoms with Crippen molar-refractivity contribution in [1.29, 1.82) is 0 Å². The van der Waals surface area contributed by atoms with Gasteiger partial charge in [0.2, 0.25) is 0 Å². The smallest absolute Gasteiger partial charge is 0.0124 e. The van der Waals surface area contributed by atoms with Crippen LogP contribution in [-0.2, 0) is 5.41 Å². The van der Waals surface area contributed by atoms with Crippen LogP contribution in [-0.4, -0.2) is 24.5 Å². The molecule has 1 nitrogen and oxygen atoms in total. The van der Waals surface area contributed by atoms with E-state index >= 15 is 0 Å². The molecule has 1 aromatic rings. The Kier molecular flexibility index (Phi) is 4.76. The molecule has 1 aliphatic heterocycles. The highest BCUT2D eigenvalue weighted by molar-refractivity contribution is 5.36. The van der Waals surface area contributed by atoms with Gasteiger partial charge in [-0.2, -0.15) is 0 Å². The van der Waals surface area contributed by atoms with Crippen LogP contribution in [0.2, 0.25) is 0 Å². The number of nitrogens with zero attached hydrogens (tertiary/aromatic N) is 1. The van der Waals surface area contributed by atoms with Gasteiger partial charge in [0.15, 0.2) is 0 Å². The van der Waals surface area contributed by atoms with Crippen LogP contribution in [0.1, 0.15) is 40.2 Å². The first-order valence-electron chi connectivity index (χ1n) is 6.63. The maximum absolute atomic E-state index is 2.58. The minimum atomic E-state index is 0. The molecule has 3 rings (SSSR count). The van der Waals surface area contributed by atoms with E-state index in [0.29, 0.717) is 5.41 Å². The average molecular weight is 233 g/mol. The molecule has 2 atom stereocenters. The van der Waals surface area contributed by atoms with E-state index < -0.39 is 0 Å². The van der Waals surface area contributed by atoms with Crippen LogP contribution in [0.4, 0.5) is 0 Å². The molecule has 2 aliphatic rings. The summed E-state index contributed by atoms with van der Waals surface area (Å²) in [6.07, 6.45) is 1.42. The van der Waals surface area contributed by atoms with Crippen LogP contribution >= 0.6 is 0 Å². The number of hydrogen-bond acceptors (Lipinski definition) is 1. The van der Waals surface area contributed by atoms with Gasteiger partial charge in [0.25, 0.3) is 0 Å². The lowest BCUT2D eigenvalue weighted by Gasteiger charge is -2.18. The van der Waals surface area contributed by atoms with Gasteiger partial charge in [0.05, 0.1) is 0 Å². The van der Waals surface area contributed by atoms with Crippen LogP contribution < -0.4 is 0 Å². The van der Waals surface area contributed by atoms with E-state index in [1.54, 1.807) is 5.56 Å². The summed E-state index contributed by atoms with van der Waals surface area (Å²) < 4.78 is 0. The molecule has 0 N–H and O–H groups in total. The Bertz CT molecular complexity index is 333. The molecule has 96 valence electrons. The standard InChI is InChI=1S/C13H17N.C2H6.CH4/c1-2-14-9-12-8-13(12,10-14)11-6-4-3-5-7-11;1-2;/h3-7,12H,2,8-10H2,1H3;1-2H3;1H4/t12-,13?;;/m0../s1. The highest BCUT2D eigenvalue weighted by atomic mass is 15.2. The Morgan fingerprint density at radius 3 is 2.41 bits per heavy atom. The van der Waals surface area contributed by atoms with Crippen molar-refractivity contribution in [2.24, 2.45) is 5.92 Å². The molecule has 17 heavy (non-hydrogen) atoms. The monoisotopic (exact) mass is 233 g/mol. The second-order valence-electron chi connectivity index (χ2n) is 4.75. The van der Waals surface area contributed by atoms with Crippen molar-refractivity contribution < 1.29 is 0 Å². The van der Waals surface area contributed by atoms with E-state index in [-0.39, 0.29) is 7.43 Å². The normalized spacial score (nSPS) is 29.7. The van der Waals surface area contributed by atoms with Crippen LogP contribution in [0, 0.1) is 5.92 Å². The second-order valence-corrected chi connectivity index (χ2v) is 4.75. The number of benzene rings is 1. The third-order valence-corrected chi connectivity index (χ3v) is 4.01. The lowest BCUT2D eigenvalue weighted by atomic mass is 9.95. The second kappa shape index (κ2) is 5.68. The van der Waals surface area contributed by atoms with Crippen molar-refractivity contribution in [3.05, 3.63) is 35.9 Å². The summed E-state index contributed by atoms with van der Waals surface area (Å²) in [4.78, 5) is 2.58. The molecule has 1 unspecified atom stereocenters. The highest BCUT2D eigenvalue weighted by Gasteiger charge is 2.60. The number of rotatable bonds is 2. The third kappa shape index (κ3) is 2.40.